The monoisotopic (exact) mass is 357 g/mol. The van der Waals surface area contributed by atoms with Crippen molar-refractivity contribution in [2.24, 2.45) is 0 Å². The molecule has 136 valence electrons. The van der Waals surface area contributed by atoms with Crippen LogP contribution in [0.25, 0.3) is 0 Å². The molecule has 0 unspecified atom stereocenters. The maximum Gasteiger partial charge on any atom is 0.271 e. The fraction of sp³-hybridized carbons (Fsp3) is 0.278. The highest BCUT2D eigenvalue weighted by Gasteiger charge is 2.22. The van der Waals surface area contributed by atoms with Crippen molar-refractivity contribution in [2.45, 2.75) is 0 Å². The van der Waals surface area contributed by atoms with Crippen molar-refractivity contribution in [1.82, 2.24) is 4.90 Å². The van der Waals surface area contributed by atoms with E-state index in [4.69, 9.17) is 4.74 Å². The summed E-state index contributed by atoms with van der Waals surface area (Å²) >= 11 is 0. The van der Waals surface area contributed by atoms with Crippen LogP contribution in [0.3, 0.4) is 0 Å². The number of carbonyl (C=O) groups is 1. The van der Waals surface area contributed by atoms with Crippen molar-refractivity contribution >= 4 is 17.3 Å². The summed E-state index contributed by atoms with van der Waals surface area (Å²) < 4.78 is 5.42. The Morgan fingerprint density at radius 2 is 1.85 bits per heavy atom. The van der Waals surface area contributed by atoms with E-state index in [1.165, 1.54) is 18.2 Å². The summed E-state index contributed by atoms with van der Waals surface area (Å²) in [7, 11) is 0. The predicted octanol–water partition coefficient (Wildman–Crippen LogP) is 2.03. The van der Waals surface area contributed by atoms with Gasteiger partial charge in [-0.2, -0.15) is 0 Å². The minimum atomic E-state index is -0.415. The third-order valence-electron chi connectivity index (χ3n) is 4.22. The molecule has 1 aliphatic heterocycles. The zero-order valence-electron chi connectivity index (χ0n) is 14.1. The minimum Gasteiger partial charge on any atom is -0.508 e. The van der Waals surface area contributed by atoms with E-state index < -0.39 is 4.92 Å². The summed E-state index contributed by atoms with van der Waals surface area (Å²) in [4.78, 5) is 26.5. The highest BCUT2D eigenvalue weighted by molar-refractivity contribution is 5.78. The van der Waals surface area contributed by atoms with Crippen molar-refractivity contribution < 1.29 is 19.6 Å². The first-order chi connectivity index (χ1) is 12.5. The van der Waals surface area contributed by atoms with Crippen molar-refractivity contribution in [2.75, 3.05) is 37.7 Å². The molecule has 0 saturated carbocycles. The molecule has 1 heterocycles. The van der Waals surface area contributed by atoms with E-state index in [1.54, 1.807) is 29.2 Å². The van der Waals surface area contributed by atoms with Gasteiger partial charge in [0.1, 0.15) is 11.5 Å². The van der Waals surface area contributed by atoms with Gasteiger partial charge >= 0.3 is 0 Å². The van der Waals surface area contributed by atoms with Gasteiger partial charge < -0.3 is 19.6 Å². The van der Waals surface area contributed by atoms with Crippen molar-refractivity contribution in [3.05, 3.63) is 58.6 Å². The molecule has 26 heavy (non-hydrogen) atoms. The second-order valence-corrected chi connectivity index (χ2v) is 5.93. The molecule has 1 N–H and O–H groups in total. The van der Waals surface area contributed by atoms with Crippen LogP contribution in [0, 0.1) is 10.1 Å². The lowest BCUT2D eigenvalue weighted by molar-refractivity contribution is -0.384. The molecule has 0 radical (unpaired) electrons. The van der Waals surface area contributed by atoms with E-state index in [-0.39, 0.29) is 24.0 Å². The number of amides is 1. The molecule has 1 amide bonds. The Balaban J connectivity index is 1.52. The number of phenolic OH excluding ortho intramolecular Hbond substituents is 1. The van der Waals surface area contributed by atoms with Crippen LogP contribution in [0.1, 0.15) is 0 Å². The molecule has 1 aliphatic rings. The highest BCUT2D eigenvalue weighted by atomic mass is 16.6. The number of nitro benzene ring substituents is 1. The highest BCUT2D eigenvalue weighted by Crippen LogP contribution is 2.22. The summed E-state index contributed by atoms with van der Waals surface area (Å²) in [6.07, 6.45) is 0. The predicted molar refractivity (Wildman–Crippen MR) is 95.5 cm³/mol. The number of ether oxygens (including phenoxy) is 1. The van der Waals surface area contributed by atoms with Crippen LogP contribution >= 0.6 is 0 Å². The number of aromatic hydroxyl groups is 1. The van der Waals surface area contributed by atoms with Crippen LogP contribution in [0.4, 0.5) is 11.4 Å². The quantitative estimate of drug-likeness (QED) is 0.650. The Morgan fingerprint density at radius 3 is 2.54 bits per heavy atom. The van der Waals surface area contributed by atoms with E-state index in [2.05, 4.69) is 0 Å². The lowest BCUT2D eigenvalue weighted by atomic mass is 10.2. The lowest BCUT2D eigenvalue weighted by Crippen LogP contribution is -2.50. The topological polar surface area (TPSA) is 96.2 Å². The Morgan fingerprint density at radius 1 is 1.12 bits per heavy atom. The third kappa shape index (κ3) is 4.21. The molecule has 1 saturated heterocycles. The van der Waals surface area contributed by atoms with Crippen LogP contribution in [-0.2, 0) is 4.79 Å². The van der Waals surface area contributed by atoms with Gasteiger partial charge in [0.05, 0.1) is 4.92 Å². The molecular weight excluding hydrogens is 338 g/mol. The molecule has 0 atom stereocenters. The number of piperazine rings is 1. The fourth-order valence-electron chi connectivity index (χ4n) is 2.83. The molecule has 2 aromatic carbocycles. The van der Waals surface area contributed by atoms with Crippen molar-refractivity contribution in [3.63, 3.8) is 0 Å². The van der Waals surface area contributed by atoms with Gasteiger partial charge in [-0.15, -0.1) is 0 Å². The van der Waals surface area contributed by atoms with E-state index in [0.29, 0.717) is 31.9 Å². The van der Waals surface area contributed by atoms with Crippen LogP contribution in [-0.4, -0.2) is 53.6 Å². The average Bonchev–Trinajstić information content (AvgIpc) is 2.66. The Labute approximate surface area is 150 Å². The summed E-state index contributed by atoms with van der Waals surface area (Å²) in [6.45, 7) is 2.13. The molecule has 1 fully saturated rings. The first-order valence-corrected chi connectivity index (χ1v) is 8.22. The summed E-state index contributed by atoms with van der Waals surface area (Å²) in [5.41, 5.74) is 0.836. The number of carbonyl (C=O) groups excluding carboxylic acids is 1. The number of benzene rings is 2. The molecular formula is C18H19N3O5. The number of nitrogens with zero attached hydrogens (tertiary/aromatic N) is 3. The molecule has 8 heteroatoms. The lowest BCUT2D eigenvalue weighted by Gasteiger charge is -2.36. The minimum absolute atomic E-state index is 0.0560. The molecule has 0 spiro atoms. The molecule has 0 bridgehead atoms. The Hall–Kier alpha value is -3.29. The van der Waals surface area contributed by atoms with E-state index in [1.807, 2.05) is 11.0 Å². The van der Waals surface area contributed by atoms with Gasteiger partial charge in [0.2, 0.25) is 0 Å². The van der Waals surface area contributed by atoms with Gasteiger partial charge in [-0.3, -0.25) is 14.9 Å². The normalized spacial score (nSPS) is 14.2. The van der Waals surface area contributed by atoms with Crippen LogP contribution in [0.15, 0.2) is 48.5 Å². The maximum absolute atomic E-state index is 12.3. The maximum atomic E-state index is 12.3. The van der Waals surface area contributed by atoms with Gasteiger partial charge in [0.25, 0.3) is 11.6 Å². The molecule has 0 aliphatic carbocycles. The Bertz CT molecular complexity index is 803. The third-order valence-corrected chi connectivity index (χ3v) is 4.22. The number of hydrogen-bond acceptors (Lipinski definition) is 6. The first-order valence-electron chi connectivity index (χ1n) is 8.22. The first kappa shape index (κ1) is 17.5. The molecule has 2 aromatic rings. The van der Waals surface area contributed by atoms with Gasteiger partial charge in [-0.1, -0.05) is 12.1 Å². The number of phenols is 1. The number of hydrogen-bond donors (Lipinski definition) is 1. The summed E-state index contributed by atoms with van der Waals surface area (Å²) in [5.74, 6) is 0.390. The van der Waals surface area contributed by atoms with E-state index in [9.17, 15) is 20.0 Å². The van der Waals surface area contributed by atoms with Gasteiger partial charge in [-0.05, 0) is 18.2 Å². The van der Waals surface area contributed by atoms with Crippen LogP contribution < -0.4 is 9.64 Å². The molecule has 0 aromatic heterocycles. The van der Waals surface area contributed by atoms with E-state index >= 15 is 0 Å². The number of anilines is 1. The van der Waals surface area contributed by atoms with Crippen LogP contribution in [0.2, 0.25) is 0 Å². The molecule has 8 nitrogen and oxygen atoms in total. The summed E-state index contributed by atoms with van der Waals surface area (Å²) in [5, 5.41) is 20.3. The zero-order valence-corrected chi connectivity index (χ0v) is 14.1. The fourth-order valence-corrected chi connectivity index (χ4v) is 2.83. The van der Waals surface area contributed by atoms with Gasteiger partial charge in [-0.25, -0.2) is 0 Å². The second-order valence-electron chi connectivity index (χ2n) is 5.93. The SMILES string of the molecule is O=C(COc1cccc(O)c1)N1CCN(c2cccc([N+](=O)[O-])c2)CC1. The average molecular weight is 357 g/mol. The largest absolute Gasteiger partial charge is 0.508 e. The number of rotatable bonds is 5. The standard InChI is InChI=1S/C18H19N3O5/c22-16-5-2-6-17(12-16)26-13-18(23)20-9-7-19(8-10-20)14-3-1-4-15(11-14)21(24)25/h1-6,11-12,22H,7-10,13H2. The smallest absolute Gasteiger partial charge is 0.271 e. The zero-order chi connectivity index (χ0) is 18.5. The number of nitro groups is 1. The summed E-state index contributed by atoms with van der Waals surface area (Å²) in [6, 6.07) is 12.8. The van der Waals surface area contributed by atoms with Gasteiger partial charge in [0.15, 0.2) is 6.61 Å². The Kier molecular flexibility index (Phi) is 5.21. The second kappa shape index (κ2) is 7.73. The van der Waals surface area contributed by atoms with E-state index in [0.717, 1.165) is 5.69 Å². The van der Waals surface area contributed by atoms with Gasteiger partial charge in [0, 0.05) is 50.1 Å². The molecule has 3 rings (SSSR count). The van der Waals surface area contributed by atoms with Crippen LogP contribution in [0.5, 0.6) is 11.5 Å². The number of non-ortho nitro benzene ring substituents is 1. The van der Waals surface area contributed by atoms with Crippen molar-refractivity contribution in [1.29, 1.82) is 0 Å². The van der Waals surface area contributed by atoms with Crippen molar-refractivity contribution in [3.8, 4) is 11.5 Å².